The van der Waals surface area contributed by atoms with Crippen LogP contribution in [0.3, 0.4) is 0 Å². The van der Waals surface area contributed by atoms with E-state index in [0.29, 0.717) is 11.1 Å². The highest BCUT2D eigenvalue weighted by Crippen LogP contribution is 2.33. The summed E-state index contributed by atoms with van der Waals surface area (Å²) in [6, 6.07) is 7.15. The van der Waals surface area contributed by atoms with Crippen LogP contribution >= 0.6 is 11.6 Å². The summed E-state index contributed by atoms with van der Waals surface area (Å²) in [5, 5.41) is 3.89. The van der Waals surface area contributed by atoms with Gasteiger partial charge in [0, 0.05) is 12.3 Å². The Morgan fingerprint density at radius 2 is 1.93 bits per heavy atom. The van der Waals surface area contributed by atoms with Gasteiger partial charge in [0.1, 0.15) is 5.69 Å². The van der Waals surface area contributed by atoms with E-state index in [1.165, 1.54) is 18.3 Å². The number of rotatable bonds is 2. The van der Waals surface area contributed by atoms with Gasteiger partial charge in [-0.25, -0.2) is 19.4 Å². The number of alkyl halides is 3. The zero-order chi connectivity index (χ0) is 20.9. The SMILES string of the molecule is Cc1cc(C)c2nc(-c3cc(C(F)(F)F)nn3-c3ncccc3Cl)oc(=O)c2c1. The van der Waals surface area contributed by atoms with E-state index < -0.39 is 17.5 Å². The van der Waals surface area contributed by atoms with Gasteiger partial charge in [0.2, 0.25) is 5.89 Å². The van der Waals surface area contributed by atoms with Gasteiger partial charge in [-0.3, -0.25) is 0 Å². The fraction of sp³-hybridized carbons (Fsp3) is 0.158. The molecule has 148 valence electrons. The fourth-order valence-electron chi connectivity index (χ4n) is 3.01. The van der Waals surface area contributed by atoms with Gasteiger partial charge in [0.25, 0.3) is 0 Å². The standard InChI is InChI=1S/C19H12ClF3N4O2/c1-9-6-10(2)15-11(7-9)18(28)29-17(25-15)13-8-14(19(21,22)23)26-27(13)16-12(20)4-3-5-24-16/h3-8H,1-2H3. The lowest BCUT2D eigenvalue weighted by atomic mass is 10.1. The summed E-state index contributed by atoms with van der Waals surface area (Å²) in [4.78, 5) is 20.8. The lowest BCUT2D eigenvalue weighted by molar-refractivity contribution is -0.141. The number of benzene rings is 1. The van der Waals surface area contributed by atoms with Crippen LogP contribution in [-0.2, 0) is 6.18 Å². The van der Waals surface area contributed by atoms with E-state index in [9.17, 15) is 18.0 Å². The van der Waals surface area contributed by atoms with E-state index in [0.717, 1.165) is 16.3 Å². The Morgan fingerprint density at radius 3 is 2.62 bits per heavy atom. The predicted molar refractivity (Wildman–Crippen MR) is 100 cm³/mol. The highest BCUT2D eigenvalue weighted by atomic mass is 35.5. The van der Waals surface area contributed by atoms with Crippen LogP contribution in [0.4, 0.5) is 13.2 Å². The van der Waals surface area contributed by atoms with Crippen molar-refractivity contribution in [2.75, 3.05) is 0 Å². The molecule has 4 rings (SSSR count). The van der Waals surface area contributed by atoms with E-state index in [-0.39, 0.29) is 27.8 Å². The van der Waals surface area contributed by atoms with E-state index in [1.807, 2.05) is 13.0 Å². The first-order valence-electron chi connectivity index (χ1n) is 8.36. The molecule has 3 aromatic heterocycles. The molecule has 0 N–H and O–H groups in total. The summed E-state index contributed by atoms with van der Waals surface area (Å²) in [6.45, 7) is 3.56. The molecular formula is C19H12ClF3N4O2. The highest BCUT2D eigenvalue weighted by molar-refractivity contribution is 6.32. The number of halogens is 4. The number of hydrogen-bond acceptors (Lipinski definition) is 5. The molecular weight excluding hydrogens is 409 g/mol. The van der Waals surface area contributed by atoms with Gasteiger partial charge in [-0.15, -0.1) is 0 Å². The van der Waals surface area contributed by atoms with E-state index in [1.54, 1.807) is 13.0 Å². The molecule has 4 aromatic rings. The lowest BCUT2D eigenvalue weighted by Gasteiger charge is -2.08. The molecule has 0 fully saturated rings. The van der Waals surface area contributed by atoms with Crippen LogP contribution in [0.1, 0.15) is 16.8 Å². The Hall–Kier alpha value is -3.20. The second kappa shape index (κ2) is 6.70. The Balaban J connectivity index is 2.04. The molecule has 0 radical (unpaired) electrons. The number of pyridine rings is 1. The normalized spacial score (nSPS) is 11.9. The maximum atomic E-state index is 13.3. The molecule has 0 atom stereocenters. The van der Waals surface area contributed by atoms with Crippen molar-refractivity contribution in [2.24, 2.45) is 0 Å². The molecule has 0 amide bonds. The molecule has 0 bridgehead atoms. The molecule has 0 aliphatic rings. The summed E-state index contributed by atoms with van der Waals surface area (Å²) in [7, 11) is 0. The first kappa shape index (κ1) is 19.1. The van der Waals surface area contributed by atoms with E-state index in [2.05, 4.69) is 15.1 Å². The molecule has 3 heterocycles. The van der Waals surface area contributed by atoms with Gasteiger partial charge in [-0.1, -0.05) is 17.7 Å². The quantitative estimate of drug-likeness (QED) is 0.469. The van der Waals surface area contributed by atoms with Crippen molar-refractivity contribution in [3.8, 4) is 17.4 Å². The van der Waals surface area contributed by atoms with Crippen LogP contribution < -0.4 is 5.63 Å². The van der Waals surface area contributed by atoms with Gasteiger partial charge >= 0.3 is 11.8 Å². The van der Waals surface area contributed by atoms with Crippen molar-refractivity contribution in [3.63, 3.8) is 0 Å². The maximum Gasteiger partial charge on any atom is 0.435 e. The van der Waals surface area contributed by atoms with Gasteiger partial charge in [-0.2, -0.15) is 18.3 Å². The van der Waals surface area contributed by atoms with Gasteiger partial charge < -0.3 is 4.42 Å². The molecule has 29 heavy (non-hydrogen) atoms. The van der Waals surface area contributed by atoms with E-state index in [4.69, 9.17) is 16.0 Å². The summed E-state index contributed by atoms with van der Waals surface area (Å²) >= 11 is 6.09. The fourth-order valence-corrected chi connectivity index (χ4v) is 3.21. The molecule has 0 aliphatic heterocycles. The monoisotopic (exact) mass is 420 g/mol. The number of aromatic nitrogens is 4. The van der Waals surface area contributed by atoms with Crippen molar-refractivity contribution in [1.82, 2.24) is 19.7 Å². The minimum Gasteiger partial charge on any atom is -0.401 e. The summed E-state index contributed by atoms with van der Waals surface area (Å²) in [5.41, 5.74) is -0.259. The summed E-state index contributed by atoms with van der Waals surface area (Å²) < 4.78 is 46.1. The van der Waals surface area contributed by atoms with Gasteiger partial charge in [0.15, 0.2) is 11.5 Å². The van der Waals surface area contributed by atoms with Crippen LogP contribution in [0.5, 0.6) is 0 Å². The Morgan fingerprint density at radius 1 is 1.17 bits per heavy atom. The second-order valence-corrected chi connectivity index (χ2v) is 6.82. The molecule has 0 saturated carbocycles. The maximum absolute atomic E-state index is 13.3. The molecule has 0 saturated heterocycles. The van der Waals surface area contributed by atoms with E-state index >= 15 is 0 Å². The largest absolute Gasteiger partial charge is 0.435 e. The average molecular weight is 421 g/mol. The van der Waals surface area contributed by atoms with Crippen molar-refractivity contribution in [2.45, 2.75) is 20.0 Å². The van der Waals surface area contributed by atoms with Crippen LogP contribution in [0.15, 0.2) is 45.7 Å². The number of fused-ring (bicyclic) bond motifs is 1. The van der Waals surface area contributed by atoms with Crippen molar-refractivity contribution in [3.05, 3.63) is 68.8 Å². The van der Waals surface area contributed by atoms with Gasteiger partial charge in [0.05, 0.1) is 15.9 Å². The number of hydrogen-bond donors (Lipinski definition) is 0. The average Bonchev–Trinajstić information content (AvgIpc) is 3.08. The molecule has 0 spiro atoms. The van der Waals surface area contributed by atoms with Crippen LogP contribution in [0.2, 0.25) is 5.02 Å². The molecule has 6 nitrogen and oxygen atoms in total. The number of nitrogens with zero attached hydrogens (tertiary/aromatic N) is 4. The zero-order valence-corrected chi connectivity index (χ0v) is 15.8. The van der Waals surface area contributed by atoms with Crippen molar-refractivity contribution < 1.29 is 17.6 Å². The first-order chi connectivity index (χ1) is 13.6. The van der Waals surface area contributed by atoms with Crippen LogP contribution in [0, 0.1) is 13.8 Å². The third-order valence-corrected chi connectivity index (χ3v) is 4.52. The molecule has 1 aromatic carbocycles. The van der Waals surface area contributed by atoms with Crippen LogP contribution in [0.25, 0.3) is 28.3 Å². The third-order valence-electron chi connectivity index (χ3n) is 4.23. The molecule has 10 heteroatoms. The van der Waals surface area contributed by atoms with Crippen molar-refractivity contribution in [1.29, 1.82) is 0 Å². The Kier molecular flexibility index (Phi) is 4.42. The second-order valence-electron chi connectivity index (χ2n) is 6.42. The third kappa shape index (κ3) is 3.38. The zero-order valence-electron chi connectivity index (χ0n) is 15.1. The first-order valence-corrected chi connectivity index (χ1v) is 8.73. The molecule has 0 aliphatic carbocycles. The van der Waals surface area contributed by atoms with Gasteiger partial charge in [-0.05, 0) is 43.2 Å². The van der Waals surface area contributed by atoms with Crippen molar-refractivity contribution >= 4 is 22.5 Å². The highest BCUT2D eigenvalue weighted by Gasteiger charge is 2.36. The minimum atomic E-state index is -4.73. The topological polar surface area (TPSA) is 73.8 Å². The molecule has 0 unspecified atom stereocenters. The number of aryl methyl sites for hydroxylation is 2. The summed E-state index contributed by atoms with van der Waals surface area (Å²) in [6.07, 6.45) is -3.37. The van der Waals surface area contributed by atoms with Crippen LogP contribution in [-0.4, -0.2) is 19.7 Å². The smallest absolute Gasteiger partial charge is 0.401 e. The summed E-state index contributed by atoms with van der Waals surface area (Å²) in [5.74, 6) is -0.371. The minimum absolute atomic E-state index is 0.0511. The Labute approximate surface area is 166 Å². The predicted octanol–water partition coefficient (Wildman–Crippen LogP) is 4.72. The lowest BCUT2D eigenvalue weighted by Crippen LogP contribution is -2.09. The Bertz CT molecular complexity index is 1310.